The Morgan fingerprint density at radius 1 is 1.00 bits per heavy atom. The van der Waals surface area contributed by atoms with E-state index in [1.165, 1.54) is 0 Å². The summed E-state index contributed by atoms with van der Waals surface area (Å²) in [6.45, 7) is 0.137. The van der Waals surface area contributed by atoms with Gasteiger partial charge < -0.3 is 15.2 Å². The third kappa shape index (κ3) is 3.43. The number of alkyl carbamates (subject to hydrolysis) is 1. The maximum Gasteiger partial charge on any atom is 0.408 e. The molecule has 0 aromatic heterocycles. The molecule has 5 nitrogen and oxygen atoms in total. The molecule has 0 radical (unpaired) electrons. The Kier molecular flexibility index (Phi) is 5.14. The predicted octanol–water partition coefficient (Wildman–Crippen LogP) is 5.19. The van der Waals surface area contributed by atoms with Gasteiger partial charge in [-0.15, -0.1) is 0 Å². The largest absolute Gasteiger partial charge is 0.479 e. The van der Waals surface area contributed by atoms with Crippen LogP contribution in [-0.2, 0) is 22.4 Å². The minimum atomic E-state index is -1.42. The molecule has 2 N–H and O–H groups in total. The lowest BCUT2D eigenvalue weighted by atomic mass is 9.78. The van der Waals surface area contributed by atoms with Crippen LogP contribution in [0.15, 0.2) is 66.7 Å². The Morgan fingerprint density at radius 2 is 1.66 bits per heavy atom. The van der Waals surface area contributed by atoms with Crippen LogP contribution < -0.4 is 5.32 Å². The predicted molar refractivity (Wildman–Crippen MR) is 122 cm³/mol. The topological polar surface area (TPSA) is 75.6 Å². The van der Waals surface area contributed by atoms with Crippen LogP contribution in [0.2, 0.25) is 5.02 Å². The summed E-state index contributed by atoms with van der Waals surface area (Å²) in [5.41, 5.74) is 4.86. The van der Waals surface area contributed by atoms with Crippen molar-refractivity contribution in [1.82, 2.24) is 5.32 Å². The molecule has 0 fully saturated rings. The second kappa shape index (κ2) is 7.99. The van der Waals surface area contributed by atoms with Crippen molar-refractivity contribution in [3.63, 3.8) is 0 Å². The first-order valence-electron chi connectivity index (χ1n) is 10.6. The molecule has 5 rings (SSSR count). The van der Waals surface area contributed by atoms with Crippen molar-refractivity contribution in [3.8, 4) is 11.1 Å². The van der Waals surface area contributed by atoms with Crippen LogP contribution in [0.3, 0.4) is 0 Å². The van der Waals surface area contributed by atoms with Crippen LogP contribution in [0.4, 0.5) is 4.79 Å². The van der Waals surface area contributed by atoms with E-state index in [0.717, 1.165) is 33.4 Å². The Bertz CT molecular complexity index is 1180. The normalized spacial score (nSPS) is 18.9. The van der Waals surface area contributed by atoms with E-state index in [-0.39, 0.29) is 25.4 Å². The zero-order chi connectivity index (χ0) is 22.3. The molecule has 3 aromatic rings. The van der Waals surface area contributed by atoms with E-state index in [9.17, 15) is 14.7 Å². The smallest absolute Gasteiger partial charge is 0.408 e. The summed E-state index contributed by atoms with van der Waals surface area (Å²) >= 11 is 6.27. The zero-order valence-electron chi connectivity index (χ0n) is 17.3. The van der Waals surface area contributed by atoms with Gasteiger partial charge in [0, 0.05) is 17.4 Å². The molecule has 0 bridgehead atoms. The molecule has 3 aromatic carbocycles. The number of hydrogen-bond acceptors (Lipinski definition) is 3. The number of amides is 1. The molecule has 2 aliphatic carbocycles. The molecule has 162 valence electrons. The van der Waals surface area contributed by atoms with Crippen molar-refractivity contribution in [3.05, 3.63) is 94.0 Å². The van der Waals surface area contributed by atoms with Gasteiger partial charge in [0.25, 0.3) is 0 Å². The van der Waals surface area contributed by atoms with Gasteiger partial charge in [0.15, 0.2) is 0 Å². The second-order valence-corrected chi connectivity index (χ2v) is 8.80. The van der Waals surface area contributed by atoms with Crippen molar-refractivity contribution in [2.24, 2.45) is 0 Å². The van der Waals surface area contributed by atoms with Gasteiger partial charge in [-0.25, -0.2) is 9.59 Å². The van der Waals surface area contributed by atoms with Crippen LogP contribution in [-0.4, -0.2) is 29.3 Å². The number of hydrogen-bond donors (Lipinski definition) is 2. The molecule has 0 aliphatic heterocycles. The van der Waals surface area contributed by atoms with Crippen LogP contribution in [0.1, 0.15) is 34.6 Å². The van der Waals surface area contributed by atoms with E-state index < -0.39 is 17.6 Å². The van der Waals surface area contributed by atoms with Crippen LogP contribution in [0.25, 0.3) is 11.1 Å². The number of carbonyl (C=O) groups excluding carboxylic acids is 1. The maximum absolute atomic E-state index is 12.8. The third-order valence-electron chi connectivity index (χ3n) is 6.60. The van der Waals surface area contributed by atoms with Crippen molar-refractivity contribution >= 4 is 23.7 Å². The summed E-state index contributed by atoms with van der Waals surface area (Å²) in [5, 5.41) is 13.3. The number of carbonyl (C=O) groups is 2. The highest BCUT2D eigenvalue weighted by Crippen LogP contribution is 2.44. The summed E-state index contributed by atoms with van der Waals surface area (Å²) in [6.07, 6.45) is 0.177. The summed E-state index contributed by atoms with van der Waals surface area (Å²) in [5.74, 6) is -1.16. The standard InChI is InChI=1S/C26H22ClNO4/c27-23-11-5-6-16-14-26(24(29)30,13-12-17(16)23)28-25(31)32-15-22-20-9-3-1-7-18(20)19-8-2-4-10-21(19)22/h1-11,22H,12-15H2,(H,28,31)(H,29,30)/t26-/m1/s1. The minimum absolute atomic E-state index is 0.0835. The fraction of sp³-hybridized carbons (Fsp3) is 0.231. The lowest BCUT2D eigenvalue weighted by Crippen LogP contribution is -2.58. The van der Waals surface area contributed by atoms with Gasteiger partial charge in [-0.05, 0) is 52.3 Å². The molecule has 0 heterocycles. The molecule has 6 heteroatoms. The number of carboxylic acids is 1. The molecule has 0 saturated carbocycles. The van der Waals surface area contributed by atoms with Crippen LogP contribution in [0.5, 0.6) is 0 Å². The highest BCUT2D eigenvalue weighted by atomic mass is 35.5. The monoisotopic (exact) mass is 447 g/mol. The van der Waals surface area contributed by atoms with Gasteiger partial charge >= 0.3 is 12.1 Å². The van der Waals surface area contributed by atoms with Crippen LogP contribution in [0, 0.1) is 0 Å². The molecule has 1 amide bonds. The first-order valence-corrected chi connectivity index (χ1v) is 11.0. The van der Waals surface area contributed by atoms with Gasteiger partial charge in [0.05, 0.1) is 0 Å². The maximum atomic E-state index is 12.8. The highest BCUT2D eigenvalue weighted by molar-refractivity contribution is 6.31. The van der Waals surface area contributed by atoms with E-state index in [4.69, 9.17) is 16.3 Å². The number of ether oxygens (including phenoxy) is 1. The molecule has 1 atom stereocenters. The van der Waals surface area contributed by atoms with Gasteiger partial charge in [-0.2, -0.15) is 0 Å². The summed E-state index contributed by atoms with van der Waals surface area (Å²) < 4.78 is 5.59. The van der Waals surface area contributed by atoms with E-state index in [2.05, 4.69) is 17.4 Å². The van der Waals surface area contributed by atoms with Crippen molar-refractivity contribution < 1.29 is 19.4 Å². The fourth-order valence-corrected chi connectivity index (χ4v) is 5.26. The SMILES string of the molecule is O=C(N[C@]1(C(=O)O)CCc2c(Cl)cccc2C1)OCC1c2ccccc2-c2ccccc21. The zero-order valence-corrected chi connectivity index (χ0v) is 18.1. The number of benzene rings is 3. The number of aliphatic carboxylic acids is 1. The number of halogens is 1. The van der Waals surface area contributed by atoms with Gasteiger partial charge in [-0.1, -0.05) is 72.3 Å². The first-order chi connectivity index (χ1) is 15.5. The molecule has 0 saturated heterocycles. The Morgan fingerprint density at radius 3 is 2.31 bits per heavy atom. The summed E-state index contributed by atoms with van der Waals surface area (Å²) in [7, 11) is 0. The van der Waals surface area contributed by atoms with Crippen molar-refractivity contribution in [2.75, 3.05) is 6.61 Å². The number of rotatable bonds is 4. The number of nitrogens with one attached hydrogen (secondary N) is 1. The van der Waals surface area contributed by atoms with Gasteiger partial charge in [-0.3, -0.25) is 0 Å². The number of carboxylic acid groups (broad SMARTS) is 1. The fourth-order valence-electron chi connectivity index (χ4n) is 4.97. The van der Waals surface area contributed by atoms with Gasteiger partial charge in [0.2, 0.25) is 0 Å². The van der Waals surface area contributed by atoms with Crippen LogP contribution >= 0.6 is 11.6 Å². The van der Waals surface area contributed by atoms with E-state index in [1.54, 1.807) is 12.1 Å². The quantitative estimate of drug-likeness (QED) is 0.577. The number of fused-ring (bicyclic) bond motifs is 4. The molecule has 0 spiro atoms. The Labute approximate surface area is 191 Å². The average Bonchev–Trinajstić information content (AvgIpc) is 3.11. The molecule has 2 aliphatic rings. The lowest BCUT2D eigenvalue weighted by molar-refractivity contribution is -0.145. The van der Waals surface area contributed by atoms with E-state index in [1.807, 2.05) is 42.5 Å². The Hall–Kier alpha value is -3.31. The van der Waals surface area contributed by atoms with Crippen molar-refractivity contribution in [1.29, 1.82) is 0 Å². The minimum Gasteiger partial charge on any atom is -0.479 e. The third-order valence-corrected chi connectivity index (χ3v) is 6.96. The molecular weight excluding hydrogens is 426 g/mol. The second-order valence-electron chi connectivity index (χ2n) is 8.39. The summed E-state index contributed by atoms with van der Waals surface area (Å²) in [6, 6.07) is 21.6. The first kappa shape index (κ1) is 20.6. The van der Waals surface area contributed by atoms with E-state index in [0.29, 0.717) is 11.4 Å². The molecule has 32 heavy (non-hydrogen) atoms. The Balaban J connectivity index is 1.33. The van der Waals surface area contributed by atoms with E-state index >= 15 is 0 Å². The van der Waals surface area contributed by atoms with Crippen molar-refractivity contribution in [2.45, 2.75) is 30.7 Å². The summed E-state index contributed by atoms with van der Waals surface area (Å²) in [4.78, 5) is 24.9. The van der Waals surface area contributed by atoms with Gasteiger partial charge in [0.1, 0.15) is 12.1 Å². The molecule has 0 unspecified atom stereocenters. The molecular formula is C26H22ClNO4. The lowest BCUT2D eigenvalue weighted by Gasteiger charge is -2.35. The highest BCUT2D eigenvalue weighted by Gasteiger charge is 2.44. The average molecular weight is 448 g/mol.